The highest BCUT2D eigenvalue weighted by Gasteiger charge is 2.07. The Balaban J connectivity index is 4.45. The number of nitrogens with two attached hydrogens (primary N) is 1. The van der Waals surface area contributed by atoms with E-state index in [1.807, 2.05) is 19.1 Å². The Bertz CT molecular complexity index is 269. The third kappa shape index (κ3) is 7.77. The predicted octanol–water partition coefficient (Wildman–Crippen LogP) is 2.10. The van der Waals surface area contributed by atoms with Crippen molar-refractivity contribution in [1.29, 1.82) is 0 Å². The molecule has 0 aromatic rings. The van der Waals surface area contributed by atoms with Crippen LogP contribution in [0.25, 0.3) is 0 Å². The van der Waals surface area contributed by atoms with Crippen molar-refractivity contribution in [3.63, 3.8) is 0 Å². The van der Waals surface area contributed by atoms with Gasteiger partial charge < -0.3 is 16.2 Å². The summed E-state index contributed by atoms with van der Waals surface area (Å²) in [6.45, 7) is 9.26. The van der Waals surface area contributed by atoms with Gasteiger partial charge >= 0.3 is 0 Å². The summed E-state index contributed by atoms with van der Waals surface area (Å²) in [6.07, 6.45) is 7.84. The standard InChI is InChI=1S/C14H26N2O/c1-4-6-10-16-12(3)11-13(7-5-2)14(17)8-9-15/h5,7,11,14,16-17H,2,4,6,8-10,15H2,1,3H3/b12-11+,13-7+. The van der Waals surface area contributed by atoms with E-state index in [4.69, 9.17) is 5.73 Å². The molecule has 0 aromatic carbocycles. The largest absolute Gasteiger partial charge is 0.389 e. The predicted molar refractivity (Wildman–Crippen MR) is 74.6 cm³/mol. The lowest BCUT2D eigenvalue weighted by molar-refractivity contribution is 0.206. The molecule has 0 bridgehead atoms. The summed E-state index contributed by atoms with van der Waals surface area (Å²) in [6, 6.07) is 0. The highest BCUT2D eigenvalue weighted by atomic mass is 16.3. The number of nitrogens with one attached hydrogen (secondary N) is 1. The zero-order valence-electron chi connectivity index (χ0n) is 11.1. The first-order valence-corrected chi connectivity index (χ1v) is 6.28. The molecule has 0 rings (SSSR count). The van der Waals surface area contributed by atoms with Crippen LogP contribution in [0.2, 0.25) is 0 Å². The van der Waals surface area contributed by atoms with Gasteiger partial charge in [-0.25, -0.2) is 0 Å². The van der Waals surface area contributed by atoms with E-state index >= 15 is 0 Å². The number of unbranched alkanes of at least 4 members (excludes halogenated alkanes) is 1. The zero-order valence-corrected chi connectivity index (χ0v) is 11.1. The van der Waals surface area contributed by atoms with E-state index in [2.05, 4.69) is 18.8 Å². The van der Waals surface area contributed by atoms with Crippen molar-refractivity contribution in [2.24, 2.45) is 5.73 Å². The lowest BCUT2D eigenvalue weighted by Gasteiger charge is -2.12. The number of aliphatic hydroxyl groups excluding tert-OH is 1. The van der Waals surface area contributed by atoms with Crippen LogP contribution in [0.15, 0.2) is 36.1 Å². The molecule has 0 fully saturated rings. The maximum atomic E-state index is 9.89. The highest BCUT2D eigenvalue weighted by molar-refractivity contribution is 5.29. The molecular formula is C14H26N2O. The van der Waals surface area contributed by atoms with Crippen LogP contribution in [-0.4, -0.2) is 24.3 Å². The molecule has 0 amide bonds. The molecule has 0 saturated carbocycles. The Hall–Kier alpha value is -1.06. The minimum Gasteiger partial charge on any atom is -0.389 e. The van der Waals surface area contributed by atoms with Crippen LogP contribution < -0.4 is 11.1 Å². The molecule has 3 nitrogen and oxygen atoms in total. The van der Waals surface area contributed by atoms with Crippen molar-refractivity contribution >= 4 is 0 Å². The fourth-order valence-electron chi connectivity index (χ4n) is 1.48. The fourth-order valence-corrected chi connectivity index (χ4v) is 1.48. The van der Waals surface area contributed by atoms with E-state index in [9.17, 15) is 5.11 Å². The van der Waals surface area contributed by atoms with Crippen molar-refractivity contribution in [2.75, 3.05) is 13.1 Å². The molecule has 3 heteroatoms. The minimum atomic E-state index is -0.513. The van der Waals surface area contributed by atoms with Gasteiger partial charge in [-0.15, -0.1) is 0 Å². The van der Waals surface area contributed by atoms with Gasteiger partial charge in [0, 0.05) is 12.2 Å². The molecule has 1 atom stereocenters. The molecule has 0 heterocycles. The number of hydrogen-bond donors (Lipinski definition) is 3. The second-order valence-electron chi connectivity index (χ2n) is 4.10. The topological polar surface area (TPSA) is 58.3 Å². The summed E-state index contributed by atoms with van der Waals surface area (Å²) in [7, 11) is 0. The minimum absolute atomic E-state index is 0.478. The number of hydrogen-bond acceptors (Lipinski definition) is 3. The van der Waals surface area contributed by atoms with Gasteiger partial charge in [0.15, 0.2) is 0 Å². The van der Waals surface area contributed by atoms with E-state index in [0.717, 1.165) is 24.2 Å². The Labute approximate surface area is 105 Å². The van der Waals surface area contributed by atoms with E-state index < -0.39 is 6.10 Å². The van der Waals surface area contributed by atoms with Gasteiger partial charge in [-0.05, 0) is 38.0 Å². The van der Waals surface area contributed by atoms with Gasteiger partial charge in [-0.1, -0.05) is 32.1 Å². The summed E-state index contributed by atoms with van der Waals surface area (Å²) in [4.78, 5) is 0. The fraction of sp³-hybridized carbons (Fsp3) is 0.571. The molecule has 0 spiro atoms. The van der Waals surface area contributed by atoms with Crippen LogP contribution in [0.3, 0.4) is 0 Å². The molecule has 0 aliphatic carbocycles. The van der Waals surface area contributed by atoms with Crippen molar-refractivity contribution < 1.29 is 5.11 Å². The first-order valence-electron chi connectivity index (χ1n) is 6.28. The van der Waals surface area contributed by atoms with Crippen molar-refractivity contribution in [1.82, 2.24) is 5.32 Å². The number of rotatable bonds is 9. The molecule has 0 aliphatic heterocycles. The molecule has 17 heavy (non-hydrogen) atoms. The molecule has 0 saturated heterocycles. The van der Waals surface area contributed by atoms with Crippen molar-refractivity contribution in [3.05, 3.63) is 36.1 Å². The third-order valence-electron chi connectivity index (χ3n) is 2.45. The Morgan fingerprint density at radius 3 is 2.76 bits per heavy atom. The maximum absolute atomic E-state index is 9.89. The third-order valence-corrected chi connectivity index (χ3v) is 2.45. The van der Waals surface area contributed by atoms with Crippen LogP contribution in [-0.2, 0) is 0 Å². The monoisotopic (exact) mass is 238 g/mol. The average molecular weight is 238 g/mol. The normalized spacial score (nSPS) is 14.6. The first-order chi connectivity index (χ1) is 8.15. The quantitative estimate of drug-likeness (QED) is 0.426. The molecule has 4 N–H and O–H groups in total. The summed E-state index contributed by atoms with van der Waals surface area (Å²) >= 11 is 0. The van der Waals surface area contributed by atoms with E-state index in [1.165, 1.54) is 6.42 Å². The highest BCUT2D eigenvalue weighted by Crippen LogP contribution is 2.10. The molecule has 98 valence electrons. The second-order valence-corrected chi connectivity index (χ2v) is 4.10. The maximum Gasteiger partial charge on any atom is 0.0802 e. The second kappa shape index (κ2) is 10.1. The molecule has 0 aliphatic rings. The van der Waals surface area contributed by atoms with Gasteiger partial charge in [-0.2, -0.15) is 0 Å². The number of allylic oxidation sites excluding steroid dienone is 3. The van der Waals surface area contributed by atoms with Gasteiger partial charge in [0.1, 0.15) is 0 Å². The smallest absolute Gasteiger partial charge is 0.0802 e. The van der Waals surface area contributed by atoms with Gasteiger partial charge in [-0.3, -0.25) is 0 Å². The Morgan fingerprint density at radius 1 is 1.53 bits per heavy atom. The van der Waals surface area contributed by atoms with Crippen molar-refractivity contribution in [3.8, 4) is 0 Å². The van der Waals surface area contributed by atoms with E-state index in [-0.39, 0.29) is 0 Å². The van der Waals surface area contributed by atoms with Crippen LogP contribution in [0.5, 0.6) is 0 Å². The Morgan fingerprint density at radius 2 is 2.24 bits per heavy atom. The van der Waals surface area contributed by atoms with E-state index in [1.54, 1.807) is 6.08 Å². The van der Waals surface area contributed by atoms with Crippen LogP contribution in [0.4, 0.5) is 0 Å². The molecule has 1 unspecified atom stereocenters. The van der Waals surface area contributed by atoms with E-state index in [0.29, 0.717) is 13.0 Å². The molecule has 0 aromatic heterocycles. The lowest BCUT2D eigenvalue weighted by atomic mass is 10.1. The SMILES string of the molecule is C=C/C=C(\C=C(/C)NCCCC)C(O)CCN. The summed E-state index contributed by atoms with van der Waals surface area (Å²) < 4.78 is 0. The van der Waals surface area contributed by atoms with Gasteiger partial charge in [0.2, 0.25) is 0 Å². The molecular weight excluding hydrogens is 212 g/mol. The van der Waals surface area contributed by atoms with Gasteiger partial charge in [0.05, 0.1) is 6.10 Å². The van der Waals surface area contributed by atoms with Crippen LogP contribution in [0.1, 0.15) is 33.1 Å². The average Bonchev–Trinajstić information content (AvgIpc) is 2.29. The van der Waals surface area contributed by atoms with Crippen LogP contribution in [0, 0.1) is 0 Å². The lowest BCUT2D eigenvalue weighted by Crippen LogP contribution is -2.17. The Kier molecular flexibility index (Phi) is 9.49. The summed E-state index contributed by atoms with van der Waals surface area (Å²) in [5, 5.41) is 13.2. The summed E-state index contributed by atoms with van der Waals surface area (Å²) in [5.41, 5.74) is 7.35. The number of aliphatic hydroxyl groups is 1. The van der Waals surface area contributed by atoms with Gasteiger partial charge in [0.25, 0.3) is 0 Å². The molecule has 0 radical (unpaired) electrons. The summed E-state index contributed by atoms with van der Waals surface area (Å²) in [5.74, 6) is 0. The van der Waals surface area contributed by atoms with Crippen LogP contribution >= 0.6 is 0 Å². The first kappa shape index (κ1) is 15.9. The van der Waals surface area contributed by atoms with Crippen molar-refractivity contribution in [2.45, 2.75) is 39.2 Å². The zero-order chi connectivity index (χ0) is 13.1.